The molecule has 0 amide bonds. The van der Waals surface area contributed by atoms with Crippen LogP contribution in [0.1, 0.15) is 31.9 Å². The van der Waals surface area contributed by atoms with Gasteiger partial charge in [0.15, 0.2) is 5.82 Å². The number of benzene rings is 1. The number of rotatable bonds is 5. The van der Waals surface area contributed by atoms with E-state index in [1.807, 2.05) is 34.9 Å². The molecule has 18 heavy (non-hydrogen) atoms. The zero-order valence-electron chi connectivity index (χ0n) is 10.9. The second-order valence-electron chi connectivity index (χ2n) is 4.58. The first kappa shape index (κ1) is 12.8. The normalized spacial score (nSPS) is 12.6. The Balaban J connectivity index is 2.40. The summed E-state index contributed by atoms with van der Waals surface area (Å²) in [5, 5.41) is 17.6. The Hall–Kier alpha value is -1.68. The fourth-order valence-electron chi connectivity index (χ4n) is 1.92. The topological polar surface area (TPSA) is 50.9 Å². The van der Waals surface area contributed by atoms with Crippen molar-refractivity contribution < 1.29 is 5.11 Å². The van der Waals surface area contributed by atoms with Gasteiger partial charge >= 0.3 is 0 Å². The maximum absolute atomic E-state index is 9.36. The van der Waals surface area contributed by atoms with Gasteiger partial charge in [-0.2, -0.15) is 0 Å². The molecule has 0 saturated heterocycles. The van der Waals surface area contributed by atoms with Crippen LogP contribution in [0.4, 0.5) is 0 Å². The van der Waals surface area contributed by atoms with Crippen molar-refractivity contribution in [3.63, 3.8) is 0 Å². The van der Waals surface area contributed by atoms with Crippen molar-refractivity contribution >= 4 is 0 Å². The van der Waals surface area contributed by atoms with E-state index in [9.17, 15) is 5.11 Å². The molecule has 1 N–H and O–H groups in total. The molecule has 1 aromatic carbocycles. The zero-order chi connectivity index (χ0) is 13.0. The predicted molar refractivity (Wildman–Crippen MR) is 70.4 cm³/mol. The molecule has 0 fully saturated rings. The van der Waals surface area contributed by atoms with Gasteiger partial charge in [-0.25, -0.2) is 0 Å². The molecular weight excluding hydrogens is 226 g/mol. The van der Waals surface area contributed by atoms with Gasteiger partial charge in [0.25, 0.3) is 0 Å². The lowest BCUT2D eigenvalue weighted by atomic mass is 10.0. The summed E-state index contributed by atoms with van der Waals surface area (Å²) in [6.45, 7) is 4.27. The summed E-state index contributed by atoms with van der Waals surface area (Å²) in [7, 11) is 0. The monoisotopic (exact) mass is 245 g/mol. The number of aliphatic hydroxyl groups excluding tert-OH is 1. The number of hydrogen-bond acceptors (Lipinski definition) is 3. The summed E-state index contributed by atoms with van der Waals surface area (Å²) in [6, 6.07) is 9.93. The van der Waals surface area contributed by atoms with E-state index in [1.165, 1.54) is 0 Å². The van der Waals surface area contributed by atoms with E-state index >= 15 is 0 Å². The van der Waals surface area contributed by atoms with Crippen LogP contribution in [0, 0.1) is 5.92 Å². The van der Waals surface area contributed by atoms with Crippen molar-refractivity contribution in [1.82, 2.24) is 14.8 Å². The van der Waals surface area contributed by atoms with Gasteiger partial charge in [-0.15, -0.1) is 10.2 Å². The lowest BCUT2D eigenvalue weighted by molar-refractivity contribution is 0.268. The van der Waals surface area contributed by atoms with Gasteiger partial charge in [0.2, 0.25) is 0 Å². The Morgan fingerprint density at radius 1 is 1.17 bits per heavy atom. The summed E-state index contributed by atoms with van der Waals surface area (Å²) in [6.07, 6.45) is 1.98. The zero-order valence-corrected chi connectivity index (χ0v) is 10.9. The molecule has 0 spiro atoms. The predicted octanol–water partition coefficient (Wildman–Crippen LogP) is 2.35. The van der Waals surface area contributed by atoms with Crippen molar-refractivity contribution in [1.29, 1.82) is 0 Å². The maximum atomic E-state index is 9.36. The first-order valence-corrected chi connectivity index (χ1v) is 6.35. The van der Waals surface area contributed by atoms with Crippen LogP contribution in [0.2, 0.25) is 0 Å². The molecule has 1 unspecified atom stereocenters. The SMILES string of the molecule is CCC(C)Cc1nnc(CO)n1-c1ccccc1. The number of aromatic nitrogens is 3. The van der Waals surface area contributed by atoms with Gasteiger partial charge < -0.3 is 5.11 Å². The summed E-state index contributed by atoms with van der Waals surface area (Å²) >= 11 is 0. The summed E-state index contributed by atoms with van der Waals surface area (Å²) in [4.78, 5) is 0. The summed E-state index contributed by atoms with van der Waals surface area (Å²) in [5.74, 6) is 2.07. The second kappa shape index (κ2) is 5.78. The first-order valence-electron chi connectivity index (χ1n) is 6.35. The fourth-order valence-corrected chi connectivity index (χ4v) is 1.92. The molecule has 1 atom stereocenters. The summed E-state index contributed by atoms with van der Waals surface area (Å²) in [5.41, 5.74) is 1.00. The van der Waals surface area contributed by atoms with E-state index in [1.54, 1.807) is 0 Å². The van der Waals surface area contributed by atoms with Crippen LogP contribution in [0.5, 0.6) is 0 Å². The average Bonchev–Trinajstić information content (AvgIpc) is 2.82. The Morgan fingerprint density at radius 3 is 2.44 bits per heavy atom. The van der Waals surface area contributed by atoms with Crippen molar-refractivity contribution in [2.45, 2.75) is 33.3 Å². The largest absolute Gasteiger partial charge is 0.388 e. The molecule has 0 aliphatic rings. The molecule has 0 saturated carbocycles. The molecule has 0 aliphatic carbocycles. The van der Waals surface area contributed by atoms with Crippen LogP contribution in [-0.4, -0.2) is 19.9 Å². The Morgan fingerprint density at radius 2 is 1.83 bits per heavy atom. The average molecular weight is 245 g/mol. The molecule has 4 heteroatoms. The van der Waals surface area contributed by atoms with Crippen molar-refractivity contribution in [2.75, 3.05) is 0 Å². The minimum absolute atomic E-state index is 0.0948. The van der Waals surface area contributed by atoms with Crippen LogP contribution in [0.15, 0.2) is 30.3 Å². The highest BCUT2D eigenvalue weighted by Crippen LogP contribution is 2.17. The number of hydrogen-bond donors (Lipinski definition) is 1. The van der Waals surface area contributed by atoms with Gasteiger partial charge in [-0.05, 0) is 18.1 Å². The van der Waals surface area contributed by atoms with Gasteiger partial charge in [-0.3, -0.25) is 4.57 Å². The molecule has 0 bridgehead atoms. The number of nitrogens with zero attached hydrogens (tertiary/aromatic N) is 3. The lowest BCUT2D eigenvalue weighted by Crippen LogP contribution is -2.09. The Bertz CT molecular complexity index is 493. The van der Waals surface area contributed by atoms with Gasteiger partial charge in [0.1, 0.15) is 12.4 Å². The second-order valence-corrected chi connectivity index (χ2v) is 4.58. The molecular formula is C14H19N3O. The molecule has 2 aromatic rings. The summed E-state index contributed by atoms with van der Waals surface area (Å²) < 4.78 is 1.95. The smallest absolute Gasteiger partial charge is 0.163 e. The third-order valence-corrected chi connectivity index (χ3v) is 3.18. The highest BCUT2D eigenvalue weighted by atomic mass is 16.3. The fraction of sp³-hybridized carbons (Fsp3) is 0.429. The van der Waals surface area contributed by atoms with E-state index in [2.05, 4.69) is 24.0 Å². The third-order valence-electron chi connectivity index (χ3n) is 3.18. The van der Waals surface area contributed by atoms with Crippen molar-refractivity contribution in [3.05, 3.63) is 42.0 Å². The quantitative estimate of drug-likeness (QED) is 0.879. The van der Waals surface area contributed by atoms with E-state index < -0.39 is 0 Å². The minimum Gasteiger partial charge on any atom is -0.388 e. The lowest BCUT2D eigenvalue weighted by Gasteiger charge is -2.11. The standard InChI is InChI=1S/C14H19N3O/c1-3-11(2)9-13-15-16-14(10-18)17(13)12-7-5-4-6-8-12/h4-8,11,18H,3,9-10H2,1-2H3. The maximum Gasteiger partial charge on any atom is 0.163 e. The van der Waals surface area contributed by atoms with Crippen LogP contribution in [-0.2, 0) is 13.0 Å². The Labute approximate surface area is 107 Å². The van der Waals surface area contributed by atoms with Gasteiger partial charge in [0, 0.05) is 12.1 Å². The Kier molecular flexibility index (Phi) is 4.10. The molecule has 1 aromatic heterocycles. The van der Waals surface area contributed by atoms with E-state index in [0.29, 0.717) is 11.7 Å². The molecule has 1 heterocycles. The van der Waals surface area contributed by atoms with Crippen molar-refractivity contribution in [2.24, 2.45) is 5.92 Å². The van der Waals surface area contributed by atoms with E-state index in [0.717, 1.165) is 24.4 Å². The number of aliphatic hydroxyl groups is 1. The molecule has 96 valence electrons. The third kappa shape index (κ3) is 2.59. The molecule has 4 nitrogen and oxygen atoms in total. The highest BCUT2D eigenvalue weighted by molar-refractivity contribution is 5.33. The molecule has 0 aliphatic heterocycles. The molecule has 2 rings (SSSR count). The van der Waals surface area contributed by atoms with Crippen LogP contribution in [0.25, 0.3) is 5.69 Å². The van der Waals surface area contributed by atoms with E-state index in [4.69, 9.17) is 0 Å². The van der Waals surface area contributed by atoms with Crippen LogP contribution < -0.4 is 0 Å². The van der Waals surface area contributed by atoms with Crippen LogP contribution in [0.3, 0.4) is 0 Å². The van der Waals surface area contributed by atoms with Crippen molar-refractivity contribution in [3.8, 4) is 5.69 Å². The number of para-hydroxylation sites is 1. The van der Waals surface area contributed by atoms with Gasteiger partial charge in [-0.1, -0.05) is 38.5 Å². The first-order chi connectivity index (χ1) is 8.76. The molecule has 0 radical (unpaired) electrons. The van der Waals surface area contributed by atoms with Gasteiger partial charge in [0.05, 0.1) is 0 Å². The van der Waals surface area contributed by atoms with E-state index in [-0.39, 0.29) is 6.61 Å². The highest BCUT2D eigenvalue weighted by Gasteiger charge is 2.14. The minimum atomic E-state index is -0.0948. The van der Waals surface area contributed by atoms with Crippen LogP contribution >= 0.6 is 0 Å².